The third kappa shape index (κ3) is 4.49. The van der Waals surface area contributed by atoms with Crippen molar-refractivity contribution in [2.24, 2.45) is 0 Å². The molecule has 3 aliphatic heterocycles. The number of rotatable bonds is 5. The van der Waals surface area contributed by atoms with Gasteiger partial charge in [-0.2, -0.15) is 15.1 Å². The second-order valence-corrected chi connectivity index (χ2v) is 11.6. The summed E-state index contributed by atoms with van der Waals surface area (Å²) < 4.78 is 6.33. The Hall–Kier alpha value is -3.36. The molecule has 1 saturated heterocycles. The van der Waals surface area contributed by atoms with Crippen LogP contribution in [0.15, 0.2) is 42.6 Å². The summed E-state index contributed by atoms with van der Waals surface area (Å²) in [4.78, 5) is 17.3. The van der Waals surface area contributed by atoms with Crippen molar-refractivity contribution in [2.75, 3.05) is 36.5 Å². The van der Waals surface area contributed by atoms with Gasteiger partial charge in [-0.15, -0.1) is 0 Å². The smallest absolute Gasteiger partial charge is 0.318 e. The Bertz CT molecular complexity index is 1520. The summed E-state index contributed by atoms with van der Waals surface area (Å²) in [5.41, 5.74) is 5.87. The lowest BCUT2D eigenvalue weighted by Gasteiger charge is -2.38. The van der Waals surface area contributed by atoms with Gasteiger partial charge in [0.15, 0.2) is 0 Å². The van der Waals surface area contributed by atoms with Gasteiger partial charge in [-0.25, -0.2) is 0 Å². The fourth-order valence-corrected chi connectivity index (χ4v) is 6.75. The van der Waals surface area contributed by atoms with E-state index in [4.69, 9.17) is 26.3 Å². The molecule has 0 saturated carbocycles. The fraction of sp³-hybridized carbons (Fsp3) is 0.433. The zero-order chi connectivity index (χ0) is 26.5. The summed E-state index contributed by atoms with van der Waals surface area (Å²) in [6.45, 7) is 6.33. The van der Waals surface area contributed by atoms with Crippen LogP contribution in [0.2, 0.25) is 5.02 Å². The van der Waals surface area contributed by atoms with Gasteiger partial charge in [0.25, 0.3) is 0 Å². The van der Waals surface area contributed by atoms with Crippen molar-refractivity contribution in [1.29, 1.82) is 0 Å². The fourth-order valence-electron chi connectivity index (χ4n) is 6.48. The molecule has 0 amide bonds. The van der Waals surface area contributed by atoms with Crippen LogP contribution in [0.3, 0.4) is 0 Å². The second kappa shape index (κ2) is 9.99. The van der Waals surface area contributed by atoms with Gasteiger partial charge in [0.2, 0.25) is 0 Å². The number of nitrogens with one attached hydrogen (secondary N) is 1. The van der Waals surface area contributed by atoms with E-state index < -0.39 is 0 Å². The number of halogens is 1. The van der Waals surface area contributed by atoms with Crippen LogP contribution in [0.25, 0.3) is 10.8 Å². The summed E-state index contributed by atoms with van der Waals surface area (Å²) >= 11 is 6.71. The van der Waals surface area contributed by atoms with Crippen LogP contribution in [0.5, 0.6) is 6.01 Å². The lowest BCUT2D eigenvalue weighted by molar-refractivity contribution is 0.187. The van der Waals surface area contributed by atoms with Crippen LogP contribution in [0.4, 0.5) is 11.5 Å². The number of ether oxygens (including phenoxy) is 1. The first-order chi connectivity index (χ1) is 19.0. The van der Waals surface area contributed by atoms with Gasteiger partial charge < -0.3 is 19.4 Å². The molecule has 0 bridgehead atoms. The highest BCUT2D eigenvalue weighted by atomic mass is 35.5. The van der Waals surface area contributed by atoms with Crippen LogP contribution in [-0.2, 0) is 25.9 Å². The monoisotopic (exact) mass is 543 g/mol. The zero-order valence-corrected chi connectivity index (χ0v) is 23.3. The van der Waals surface area contributed by atoms with E-state index in [0.29, 0.717) is 31.2 Å². The number of H-pyrrole nitrogens is 1. The first-order valence-corrected chi connectivity index (χ1v) is 14.4. The molecular weight excluding hydrogens is 510 g/mol. The minimum Gasteiger partial charge on any atom is -0.462 e. The van der Waals surface area contributed by atoms with Crippen LogP contribution < -0.4 is 14.5 Å². The van der Waals surface area contributed by atoms with E-state index in [1.54, 1.807) is 0 Å². The molecule has 8 nitrogen and oxygen atoms in total. The number of aromatic nitrogens is 4. The van der Waals surface area contributed by atoms with Crippen molar-refractivity contribution in [1.82, 2.24) is 25.1 Å². The molecule has 5 heterocycles. The van der Waals surface area contributed by atoms with Crippen LogP contribution >= 0.6 is 11.6 Å². The number of hydrogen-bond donors (Lipinski definition) is 1. The van der Waals surface area contributed by atoms with Crippen molar-refractivity contribution in [3.63, 3.8) is 0 Å². The highest BCUT2D eigenvalue weighted by Crippen LogP contribution is 2.38. The van der Waals surface area contributed by atoms with Crippen molar-refractivity contribution < 1.29 is 4.74 Å². The van der Waals surface area contributed by atoms with Crippen LogP contribution in [-0.4, -0.2) is 63.9 Å². The average molecular weight is 544 g/mol. The quantitative estimate of drug-likeness (QED) is 0.380. The highest BCUT2D eigenvalue weighted by molar-refractivity contribution is 6.36. The summed E-state index contributed by atoms with van der Waals surface area (Å²) in [5.74, 6) is 1.00. The molecule has 9 heteroatoms. The standard InChI is InChI=1S/C30H34ClN7O/c1-19-14-25-21(15-32-35-25)16-38(19)29-23-11-13-37(27-10-4-7-20-6-3-9-24(31)28(20)27)17-26(23)33-30(34-29)39-18-22-8-5-12-36(22)2/h3-4,6-7,9-10,15,19,22H,5,8,11-14,16-18H2,1-2H3,(H,32,35)/t19?,22-/m0/s1. The molecule has 39 heavy (non-hydrogen) atoms. The number of hydrogen-bond acceptors (Lipinski definition) is 7. The molecule has 2 aromatic heterocycles. The zero-order valence-electron chi connectivity index (χ0n) is 22.5. The molecule has 1 unspecified atom stereocenters. The molecule has 202 valence electrons. The molecule has 2 atom stereocenters. The van der Waals surface area contributed by atoms with Gasteiger partial charge in [0.1, 0.15) is 12.4 Å². The lowest BCUT2D eigenvalue weighted by Crippen LogP contribution is -2.41. The van der Waals surface area contributed by atoms with E-state index in [-0.39, 0.29) is 0 Å². The van der Waals surface area contributed by atoms with Crippen molar-refractivity contribution in [3.8, 4) is 6.01 Å². The Balaban J connectivity index is 1.26. The maximum absolute atomic E-state index is 6.71. The van der Waals surface area contributed by atoms with Gasteiger partial charge in [-0.1, -0.05) is 35.9 Å². The Morgan fingerprint density at radius 1 is 1.10 bits per heavy atom. The minimum absolute atomic E-state index is 0.292. The first kappa shape index (κ1) is 24.7. The molecule has 1 N–H and O–H groups in total. The first-order valence-electron chi connectivity index (χ1n) is 14.0. The topological polar surface area (TPSA) is 73.4 Å². The van der Waals surface area contributed by atoms with Crippen LogP contribution in [0.1, 0.15) is 42.3 Å². The molecule has 2 aromatic carbocycles. The maximum Gasteiger partial charge on any atom is 0.318 e. The number of nitrogens with zero attached hydrogens (tertiary/aromatic N) is 6. The van der Waals surface area contributed by atoms with Gasteiger partial charge in [-0.3, -0.25) is 5.10 Å². The minimum atomic E-state index is 0.292. The molecule has 3 aliphatic rings. The van der Waals surface area contributed by atoms with Crippen LogP contribution in [0, 0.1) is 0 Å². The third-order valence-corrected chi connectivity index (χ3v) is 9.04. The second-order valence-electron chi connectivity index (χ2n) is 11.2. The summed E-state index contributed by atoms with van der Waals surface area (Å²) in [6.07, 6.45) is 6.08. The number of fused-ring (bicyclic) bond motifs is 3. The normalized spacial score (nSPS) is 21.3. The van der Waals surface area contributed by atoms with Crippen molar-refractivity contribution in [2.45, 2.75) is 57.8 Å². The Labute approximate surface area is 233 Å². The number of anilines is 2. The molecule has 0 spiro atoms. The van der Waals surface area contributed by atoms with Gasteiger partial charge in [0, 0.05) is 59.5 Å². The number of likely N-dealkylation sites (N-methyl/N-ethyl adjacent to an activating group) is 1. The van der Waals surface area contributed by atoms with E-state index in [2.05, 4.69) is 63.1 Å². The highest BCUT2D eigenvalue weighted by Gasteiger charge is 2.32. The summed E-state index contributed by atoms with van der Waals surface area (Å²) in [6, 6.07) is 13.7. The van der Waals surface area contributed by atoms with Gasteiger partial charge in [-0.05, 0) is 57.3 Å². The van der Waals surface area contributed by atoms with Gasteiger partial charge >= 0.3 is 6.01 Å². The Kier molecular flexibility index (Phi) is 6.32. The van der Waals surface area contributed by atoms with E-state index in [0.717, 1.165) is 71.9 Å². The SMILES string of the molecule is CC1Cc2[nH]ncc2CN1c1nc(OC[C@@H]2CCCN2C)nc2c1CCN(c1cccc3cccc(Cl)c13)C2. The van der Waals surface area contributed by atoms with Crippen molar-refractivity contribution >= 4 is 33.9 Å². The van der Waals surface area contributed by atoms with E-state index >= 15 is 0 Å². The average Bonchev–Trinajstić information content (AvgIpc) is 3.58. The number of benzene rings is 2. The molecular formula is C30H34ClN7O. The van der Waals surface area contributed by atoms with E-state index in [1.165, 1.54) is 23.2 Å². The summed E-state index contributed by atoms with van der Waals surface area (Å²) in [7, 11) is 2.17. The molecule has 1 fully saturated rings. The largest absolute Gasteiger partial charge is 0.462 e. The number of aromatic amines is 1. The molecule has 4 aromatic rings. The van der Waals surface area contributed by atoms with Gasteiger partial charge in [0.05, 0.1) is 23.5 Å². The predicted molar refractivity (Wildman–Crippen MR) is 155 cm³/mol. The predicted octanol–water partition coefficient (Wildman–Crippen LogP) is 4.99. The van der Waals surface area contributed by atoms with E-state index in [1.807, 2.05) is 18.3 Å². The molecule has 0 aliphatic carbocycles. The Morgan fingerprint density at radius 2 is 1.97 bits per heavy atom. The third-order valence-electron chi connectivity index (χ3n) is 8.72. The Morgan fingerprint density at radius 3 is 2.82 bits per heavy atom. The maximum atomic E-state index is 6.71. The molecule has 0 radical (unpaired) electrons. The molecule has 7 rings (SSSR count). The number of likely N-dealkylation sites (tertiary alicyclic amines) is 1. The summed E-state index contributed by atoms with van der Waals surface area (Å²) in [5, 5.41) is 10.5. The van der Waals surface area contributed by atoms with E-state index in [9.17, 15) is 0 Å². The lowest BCUT2D eigenvalue weighted by atomic mass is 9.98. The van der Waals surface area contributed by atoms with Crippen molar-refractivity contribution in [3.05, 3.63) is 70.1 Å².